The van der Waals surface area contributed by atoms with Crippen LogP contribution in [0.4, 0.5) is 0 Å². The van der Waals surface area contributed by atoms with Crippen molar-refractivity contribution in [3.8, 4) is 44.5 Å². The second-order valence-corrected chi connectivity index (χ2v) is 9.70. The summed E-state index contributed by atoms with van der Waals surface area (Å²) in [4.78, 5) is 1.02. The first-order valence-corrected chi connectivity index (χ1v) is 13.1. The standard InChI is InChI=1S/C36H30S/c1-3-4-11-26(2)34-18-10-19-35(36(34)37)29-22-20-28(21-23-29)31-15-9-17-33(25-31)32-16-8-14-30(24-32)27-12-6-5-7-13-27/h3-26,37H,1H2,2H3/b11-4-. The Balaban J connectivity index is 1.43. The lowest BCUT2D eigenvalue weighted by atomic mass is 9.93. The van der Waals surface area contributed by atoms with Crippen LogP contribution in [0.25, 0.3) is 44.5 Å². The molecule has 0 aliphatic heterocycles. The minimum atomic E-state index is 0.271. The van der Waals surface area contributed by atoms with Gasteiger partial charge < -0.3 is 0 Å². The van der Waals surface area contributed by atoms with E-state index in [9.17, 15) is 0 Å². The largest absolute Gasteiger partial charge is 0.142 e. The Bertz CT molecular complexity index is 1540. The van der Waals surface area contributed by atoms with Crippen molar-refractivity contribution in [1.82, 2.24) is 0 Å². The van der Waals surface area contributed by atoms with Gasteiger partial charge in [0.2, 0.25) is 0 Å². The topological polar surface area (TPSA) is 0 Å². The molecule has 180 valence electrons. The number of rotatable bonds is 7. The summed E-state index contributed by atoms with van der Waals surface area (Å²) in [6, 6.07) is 43.3. The molecule has 0 nitrogen and oxygen atoms in total. The first-order chi connectivity index (χ1) is 18.1. The molecule has 0 N–H and O–H groups in total. The Morgan fingerprint density at radius 2 is 1.05 bits per heavy atom. The van der Waals surface area contributed by atoms with Gasteiger partial charge in [0.15, 0.2) is 0 Å². The molecule has 1 unspecified atom stereocenters. The van der Waals surface area contributed by atoms with Crippen molar-refractivity contribution in [3.63, 3.8) is 0 Å². The molecular weight excluding hydrogens is 464 g/mol. The van der Waals surface area contributed by atoms with Crippen LogP contribution in [0.5, 0.6) is 0 Å². The van der Waals surface area contributed by atoms with Crippen LogP contribution in [0, 0.1) is 0 Å². The quantitative estimate of drug-likeness (QED) is 0.169. The molecular formula is C36H30S. The number of allylic oxidation sites excluding steroid dienone is 3. The van der Waals surface area contributed by atoms with Gasteiger partial charge in [0.05, 0.1) is 0 Å². The Morgan fingerprint density at radius 1 is 0.568 bits per heavy atom. The first kappa shape index (κ1) is 24.6. The summed E-state index contributed by atoms with van der Waals surface area (Å²) >= 11 is 4.91. The SMILES string of the molecule is C=C/C=C\C(C)c1cccc(-c2ccc(-c3cccc(-c4cccc(-c5ccccc5)c4)c3)cc2)c1S. The van der Waals surface area contributed by atoms with Crippen LogP contribution < -0.4 is 0 Å². The predicted molar refractivity (Wildman–Crippen MR) is 163 cm³/mol. The van der Waals surface area contributed by atoms with Crippen LogP contribution in [0.3, 0.4) is 0 Å². The summed E-state index contributed by atoms with van der Waals surface area (Å²) in [6.07, 6.45) is 5.95. The van der Waals surface area contributed by atoms with E-state index in [1.165, 1.54) is 44.5 Å². The number of thiol groups is 1. The second kappa shape index (κ2) is 11.3. The lowest BCUT2D eigenvalue weighted by molar-refractivity contribution is 0.937. The summed E-state index contributed by atoms with van der Waals surface area (Å²) in [7, 11) is 0. The lowest BCUT2D eigenvalue weighted by Gasteiger charge is -2.15. The third kappa shape index (κ3) is 5.53. The molecule has 5 rings (SSSR count). The number of benzene rings is 5. The third-order valence-corrected chi connectivity index (χ3v) is 7.29. The van der Waals surface area contributed by atoms with Crippen molar-refractivity contribution >= 4 is 12.6 Å². The number of hydrogen-bond donors (Lipinski definition) is 1. The van der Waals surface area contributed by atoms with Crippen LogP contribution in [0.15, 0.2) is 151 Å². The van der Waals surface area contributed by atoms with Gasteiger partial charge in [-0.05, 0) is 62.2 Å². The summed E-state index contributed by atoms with van der Waals surface area (Å²) in [5.41, 5.74) is 10.8. The minimum absolute atomic E-state index is 0.271. The molecule has 0 heterocycles. The highest BCUT2D eigenvalue weighted by Crippen LogP contribution is 2.35. The van der Waals surface area contributed by atoms with Gasteiger partial charge in [-0.2, -0.15) is 0 Å². The Labute approximate surface area is 226 Å². The third-order valence-electron chi connectivity index (χ3n) is 6.79. The molecule has 37 heavy (non-hydrogen) atoms. The highest BCUT2D eigenvalue weighted by molar-refractivity contribution is 7.80. The van der Waals surface area contributed by atoms with Gasteiger partial charge in [0, 0.05) is 10.8 Å². The Morgan fingerprint density at radius 3 is 1.65 bits per heavy atom. The van der Waals surface area contributed by atoms with Gasteiger partial charge in [0.25, 0.3) is 0 Å². The molecule has 0 fully saturated rings. The maximum absolute atomic E-state index is 4.91. The molecule has 5 aromatic rings. The minimum Gasteiger partial charge on any atom is -0.142 e. The average Bonchev–Trinajstić information content (AvgIpc) is 2.97. The first-order valence-electron chi connectivity index (χ1n) is 12.6. The summed E-state index contributed by atoms with van der Waals surface area (Å²) in [5, 5.41) is 0. The van der Waals surface area contributed by atoms with E-state index in [1.54, 1.807) is 0 Å². The summed E-state index contributed by atoms with van der Waals surface area (Å²) < 4.78 is 0. The van der Waals surface area contributed by atoms with E-state index in [1.807, 2.05) is 12.2 Å². The van der Waals surface area contributed by atoms with Crippen LogP contribution in [-0.4, -0.2) is 0 Å². The maximum atomic E-state index is 4.91. The molecule has 0 aliphatic carbocycles. The predicted octanol–water partition coefficient (Wildman–Crippen LogP) is 10.5. The molecule has 0 saturated carbocycles. The molecule has 5 aromatic carbocycles. The fourth-order valence-electron chi connectivity index (χ4n) is 4.74. The molecule has 0 aliphatic rings. The Kier molecular flexibility index (Phi) is 7.54. The fraction of sp³-hybridized carbons (Fsp3) is 0.0556. The molecule has 0 spiro atoms. The molecule has 1 atom stereocenters. The summed E-state index contributed by atoms with van der Waals surface area (Å²) in [5.74, 6) is 0.271. The Hall–Kier alpha value is -4.07. The van der Waals surface area contributed by atoms with Crippen molar-refractivity contribution in [3.05, 3.63) is 152 Å². The van der Waals surface area contributed by atoms with Gasteiger partial charge in [-0.3, -0.25) is 0 Å². The smallest absolute Gasteiger partial charge is 0.0157 e. The van der Waals surface area contributed by atoms with Crippen molar-refractivity contribution in [2.24, 2.45) is 0 Å². The molecule has 0 saturated heterocycles. The zero-order chi connectivity index (χ0) is 25.6. The van der Waals surface area contributed by atoms with Gasteiger partial charge in [0.1, 0.15) is 0 Å². The van der Waals surface area contributed by atoms with E-state index in [-0.39, 0.29) is 5.92 Å². The van der Waals surface area contributed by atoms with E-state index in [4.69, 9.17) is 12.6 Å². The highest BCUT2D eigenvalue weighted by atomic mass is 32.1. The van der Waals surface area contributed by atoms with Gasteiger partial charge >= 0.3 is 0 Å². The van der Waals surface area contributed by atoms with E-state index >= 15 is 0 Å². The van der Waals surface area contributed by atoms with Crippen LogP contribution in [0.1, 0.15) is 18.4 Å². The average molecular weight is 495 g/mol. The molecule has 0 bridgehead atoms. The fourth-order valence-corrected chi connectivity index (χ4v) is 5.22. The summed E-state index contributed by atoms with van der Waals surface area (Å²) in [6.45, 7) is 5.97. The zero-order valence-electron chi connectivity index (χ0n) is 21.0. The van der Waals surface area contributed by atoms with Crippen LogP contribution in [-0.2, 0) is 0 Å². The molecule has 1 heteroatoms. The van der Waals surface area contributed by atoms with Crippen LogP contribution in [0.2, 0.25) is 0 Å². The van der Waals surface area contributed by atoms with Crippen molar-refractivity contribution in [1.29, 1.82) is 0 Å². The van der Waals surface area contributed by atoms with Crippen molar-refractivity contribution in [2.75, 3.05) is 0 Å². The van der Waals surface area contributed by atoms with E-state index in [2.05, 4.69) is 141 Å². The monoisotopic (exact) mass is 494 g/mol. The van der Waals surface area contributed by atoms with Crippen LogP contribution >= 0.6 is 12.6 Å². The van der Waals surface area contributed by atoms with E-state index < -0.39 is 0 Å². The molecule has 0 radical (unpaired) electrons. The van der Waals surface area contributed by atoms with Crippen molar-refractivity contribution in [2.45, 2.75) is 17.7 Å². The molecule has 0 aromatic heterocycles. The van der Waals surface area contributed by atoms with E-state index in [0.717, 1.165) is 10.5 Å². The van der Waals surface area contributed by atoms with E-state index in [0.29, 0.717) is 0 Å². The zero-order valence-corrected chi connectivity index (χ0v) is 21.9. The van der Waals surface area contributed by atoms with Gasteiger partial charge in [-0.15, -0.1) is 12.6 Å². The highest BCUT2D eigenvalue weighted by Gasteiger charge is 2.11. The number of hydrogen-bond acceptors (Lipinski definition) is 1. The maximum Gasteiger partial charge on any atom is 0.0157 e. The lowest BCUT2D eigenvalue weighted by Crippen LogP contribution is -1.93. The normalized spacial score (nSPS) is 11.9. The van der Waals surface area contributed by atoms with Gasteiger partial charge in [-0.1, -0.05) is 141 Å². The van der Waals surface area contributed by atoms with Gasteiger partial charge in [-0.25, -0.2) is 0 Å². The van der Waals surface area contributed by atoms with Crippen molar-refractivity contribution < 1.29 is 0 Å². The second-order valence-electron chi connectivity index (χ2n) is 9.26. The molecule has 0 amide bonds.